The van der Waals surface area contributed by atoms with Gasteiger partial charge in [0.15, 0.2) is 5.69 Å². The lowest BCUT2D eigenvalue weighted by Crippen LogP contribution is -2.15. The van der Waals surface area contributed by atoms with E-state index in [1.54, 1.807) is 30.3 Å². The number of hydrogen-bond acceptors (Lipinski definition) is 8. The molecule has 30 heavy (non-hydrogen) atoms. The van der Waals surface area contributed by atoms with Crippen LogP contribution in [0.4, 0.5) is 0 Å². The van der Waals surface area contributed by atoms with Gasteiger partial charge in [-0.25, -0.2) is 14.3 Å². The quantitative estimate of drug-likeness (QED) is 0.457. The van der Waals surface area contributed by atoms with E-state index < -0.39 is 32.7 Å². The zero-order valence-corrected chi connectivity index (χ0v) is 16.6. The number of para-hydroxylation sites is 1. The van der Waals surface area contributed by atoms with E-state index in [1.165, 1.54) is 0 Å². The van der Waals surface area contributed by atoms with Gasteiger partial charge in [0.2, 0.25) is 0 Å². The van der Waals surface area contributed by atoms with Crippen molar-refractivity contribution in [2.75, 3.05) is 14.2 Å². The maximum Gasteiger partial charge on any atom is 0.357 e. The largest absolute Gasteiger partial charge is 0.507 e. The van der Waals surface area contributed by atoms with Gasteiger partial charge in [0.1, 0.15) is 17.0 Å². The molecule has 1 heterocycles. The normalized spacial score (nSPS) is 11.2. The Labute approximate surface area is 171 Å². The molecule has 0 aliphatic carbocycles. The maximum atomic E-state index is 12.6. The molecule has 10 nitrogen and oxygen atoms in total. The van der Waals surface area contributed by atoms with Crippen molar-refractivity contribution in [2.24, 2.45) is 0 Å². The lowest BCUT2D eigenvalue weighted by molar-refractivity contribution is 0.0549. The Balaban J connectivity index is 2.43. The van der Waals surface area contributed by atoms with Gasteiger partial charge in [-0.3, -0.25) is 4.55 Å². The number of ether oxygens (including phenoxy) is 2. The molecule has 0 amide bonds. The first-order valence-electron chi connectivity index (χ1n) is 8.35. The van der Waals surface area contributed by atoms with Crippen LogP contribution in [-0.2, 0) is 19.6 Å². The van der Waals surface area contributed by atoms with E-state index in [1.807, 2.05) is 0 Å². The van der Waals surface area contributed by atoms with Crippen molar-refractivity contribution >= 4 is 22.1 Å². The minimum absolute atomic E-state index is 0.217. The van der Waals surface area contributed by atoms with Crippen LogP contribution in [0, 0.1) is 0 Å². The third-order valence-corrected chi connectivity index (χ3v) is 5.03. The van der Waals surface area contributed by atoms with Crippen molar-refractivity contribution in [3.05, 3.63) is 59.8 Å². The molecule has 0 bridgehead atoms. The van der Waals surface area contributed by atoms with Crippen LogP contribution in [-0.4, -0.2) is 54.0 Å². The average molecular weight is 432 g/mol. The van der Waals surface area contributed by atoms with Gasteiger partial charge in [-0.1, -0.05) is 18.2 Å². The Hall–Kier alpha value is -3.70. The fraction of sp³-hybridized carbons (Fsp3) is 0.105. The molecule has 0 saturated heterocycles. The number of hydrogen-bond donors (Lipinski definition) is 2. The van der Waals surface area contributed by atoms with Gasteiger partial charge in [0.25, 0.3) is 10.1 Å². The molecule has 0 spiro atoms. The van der Waals surface area contributed by atoms with E-state index in [2.05, 4.69) is 5.10 Å². The summed E-state index contributed by atoms with van der Waals surface area (Å²) in [6, 6.07) is 11.2. The van der Waals surface area contributed by atoms with E-state index in [0.717, 1.165) is 37.1 Å². The number of aromatic nitrogens is 2. The van der Waals surface area contributed by atoms with E-state index in [9.17, 15) is 27.7 Å². The molecule has 0 radical (unpaired) electrons. The number of carbonyl (C=O) groups is 2. The zero-order valence-electron chi connectivity index (χ0n) is 15.8. The molecule has 1 aromatic heterocycles. The Morgan fingerprint density at radius 2 is 1.63 bits per heavy atom. The van der Waals surface area contributed by atoms with Crippen molar-refractivity contribution < 1.29 is 37.1 Å². The first-order valence-corrected chi connectivity index (χ1v) is 9.79. The van der Waals surface area contributed by atoms with Crippen molar-refractivity contribution in [1.82, 2.24) is 9.78 Å². The Bertz CT molecular complexity index is 1230. The molecule has 0 atom stereocenters. The second-order valence-electron chi connectivity index (χ2n) is 5.96. The van der Waals surface area contributed by atoms with E-state index in [4.69, 9.17) is 9.47 Å². The number of rotatable bonds is 5. The lowest BCUT2D eigenvalue weighted by Gasteiger charge is -2.07. The molecular formula is C19H16N2O8S. The minimum Gasteiger partial charge on any atom is -0.507 e. The highest BCUT2D eigenvalue weighted by atomic mass is 32.2. The molecule has 2 N–H and O–H groups in total. The molecule has 0 unspecified atom stereocenters. The summed E-state index contributed by atoms with van der Waals surface area (Å²) in [4.78, 5) is 24.5. The van der Waals surface area contributed by atoms with Crippen LogP contribution in [0.3, 0.4) is 0 Å². The van der Waals surface area contributed by atoms with E-state index in [-0.39, 0.29) is 22.5 Å². The number of methoxy groups -OCH3 is 2. The summed E-state index contributed by atoms with van der Waals surface area (Å²) < 4.78 is 43.1. The molecular weight excluding hydrogens is 416 g/mol. The van der Waals surface area contributed by atoms with Gasteiger partial charge in [-0.2, -0.15) is 13.5 Å². The summed E-state index contributed by atoms with van der Waals surface area (Å²) in [5.74, 6) is -2.32. The van der Waals surface area contributed by atoms with E-state index >= 15 is 0 Å². The lowest BCUT2D eigenvalue weighted by atomic mass is 10.0. The highest BCUT2D eigenvalue weighted by Gasteiger charge is 2.32. The van der Waals surface area contributed by atoms with Gasteiger partial charge < -0.3 is 14.6 Å². The number of nitrogens with zero attached hydrogens (tertiary/aromatic N) is 2. The van der Waals surface area contributed by atoms with Crippen LogP contribution in [0.15, 0.2) is 53.4 Å². The molecule has 11 heteroatoms. The van der Waals surface area contributed by atoms with Gasteiger partial charge in [0.05, 0.1) is 24.8 Å². The number of phenols is 1. The molecule has 3 rings (SSSR count). The highest BCUT2D eigenvalue weighted by molar-refractivity contribution is 7.85. The highest BCUT2D eigenvalue weighted by Crippen LogP contribution is 2.35. The Morgan fingerprint density at radius 3 is 2.20 bits per heavy atom. The van der Waals surface area contributed by atoms with Crippen molar-refractivity contribution in [2.45, 2.75) is 4.90 Å². The standard InChI is InChI=1S/C19H16N2O8S/c1-28-18(23)15-16(13-10-12(30(25,26)27)8-9-14(13)22)20-21(17(15)19(24)29-2)11-6-4-3-5-7-11/h3-10,22H,1-2H3,(H,25,26,27). The molecule has 0 aliphatic heterocycles. The Kier molecular flexibility index (Phi) is 5.58. The summed E-state index contributed by atoms with van der Waals surface area (Å²) >= 11 is 0. The van der Waals surface area contributed by atoms with Gasteiger partial charge in [-0.15, -0.1) is 0 Å². The minimum atomic E-state index is -4.62. The van der Waals surface area contributed by atoms with Crippen LogP contribution in [0.5, 0.6) is 5.75 Å². The smallest absolute Gasteiger partial charge is 0.357 e. The SMILES string of the molecule is COC(=O)c1c(-c2cc(S(=O)(=O)O)ccc2O)nn(-c2ccccc2)c1C(=O)OC. The number of aromatic hydroxyl groups is 1. The van der Waals surface area contributed by atoms with Crippen LogP contribution < -0.4 is 0 Å². The molecule has 156 valence electrons. The molecule has 0 aliphatic rings. The van der Waals surface area contributed by atoms with Crippen LogP contribution in [0.2, 0.25) is 0 Å². The summed E-state index contributed by atoms with van der Waals surface area (Å²) in [6.45, 7) is 0. The molecule has 0 fully saturated rings. The molecule has 3 aromatic rings. The summed E-state index contributed by atoms with van der Waals surface area (Å²) in [6.07, 6.45) is 0. The summed E-state index contributed by atoms with van der Waals surface area (Å²) in [5, 5.41) is 14.6. The monoisotopic (exact) mass is 432 g/mol. The number of carbonyl (C=O) groups excluding carboxylic acids is 2. The Morgan fingerprint density at radius 1 is 1.00 bits per heavy atom. The van der Waals surface area contributed by atoms with Gasteiger partial charge in [-0.05, 0) is 30.3 Å². The topological polar surface area (TPSA) is 145 Å². The first kappa shape index (κ1) is 21.0. The second-order valence-corrected chi connectivity index (χ2v) is 7.38. The number of esters is 2. The third-order valence-electron chi connectivity index (χ3n) is 4.18. The second kappa shape index (κ2) is 7.97. The van der Waals surface area contributed by atoms with Crippen LogP contribution in [0.1, 0.15) is 20.8 Å². The van der Waals surface area contributed by atoms with Crippen LogP contribution in [0.25, 0.3) is 16.9 Å². The van der Waals surface area contributed by atoms with Crippen LogP contribution >= 0.6 is 0 Å². The maximum absolute atomic E-state index is 12.6. The summed E-state index contributed by atoms with van der Waals surface area (Å²) in [5.41, 5.74) is -0.711. The third kappa shape index (κ3) is 3.75. The molecule has 0 saturated carbocycles. The summed E-state index contributed by atoms with van der Waals surface area (Å²) in [7, 11) is -2.42. The first-order chi connectivity index (χ1) is 14.2. The zero-order chi connectivity index (χ0) is 22.1. The van der Waals surface area contributed by atoms with E-state index in [0.29, 0.717) is 5.69 Å². The van der Waals surface area contributed by atoms with Crippen molar-refractivity contribution in [3.63, 3.8) is 0 Å². The fourth-order valence-electron chi connectivity index (χ4n) is 2.81. The van der Waals surface area contributed by atoms with Crippen molar-refractivity contribution in [1.29, 1.82) is 0 Å². The van der Waals surface area contributed by atoms with Crippen molar-refractivity contribution in [3.8, 4) is 22.7 Å². The van der Waals surface area contributed by atoms with Gasteiger partial charge >= 0.3 is 11.9 Å². The predicted molar refractivity (Wildman–Crippen MR) is 103 cm³/mol. The molecule has 2 aromatic carbocycles. The predicted octanol–water partition coefficient (Wildman–Crippen LogP) is 2.06. The number of phenolic OH excluding ortho intramolecular Hbond substituents is 1. The fourth-order valence-corrected chi connectivity index (χ4v) is 3.32. The average Bonchev–Trinajstić information content (AvgIpc) is 3.13. The van der Waals surface area contributed by atoms with Gasteiger partial charge in [0, 0.05) is 5.56 Å². The number of benzene rings is 2.